The van der Waals surface area contributed by atoms with E-state index in [-0.39, 0.29) is 11.5 Å². The molecule has 7 heteroatoms. The van der Waals surface area contributed by atoms with Crippen LogP contribution in [0.4, 0.5) is 15.8 Å². The number of anilines is 2. The van der Waals surface area contributed by atoms with Crippen molar-refractivity contribution in [2.24, 2.45) is 0 Å². The number of nitrogens with one attached hydrogen (secondary N) is 1. The van der Waals surface area contributed by atoms with Gasteiger partial charge in [0.2, 0.25) is 0 Å². The van der Waals surface area contributed by atoms with Crippen molar-refractivity contribution < 1.29 is 18.7 Å². The van der Waals surface area contributed by atoms with Crippen LogP contribution in [0.3, 0.4) is 0 Å². The second kappa shape index (κ2) is 9.89. The number of nitrogens with zero attached hydrogens (tertiary/aromatic N) is 2. The topological polar surface area (TPSA) is 63.7 Å². The minimum Gasteiger partial charge on any atom is -0.488 e. The van der Waals surface area contributed by atoms with E-state index in [1.54, 1.807) is 18.5 Å². The molecule has 1 fully saturated rings. The van der Waals surface area contributed by atoms with E-state index in [0.29, 0.717) is 50.0 Å². The molecule has 172 valence electrons. The van der Waals surface area contributed by atoms with Crippen molar-refractivity contribution in [1.29, 1.82) is 0 Å². The fourth-order valence-electron chi connectivity index (χ4n) is 4.05. The number of halogens is 1. The van der Waals surface area contributed by atoms with Gasteiger partial charge in [-0.15, -0.1) is 0 Å². The Labute approximate surface area is 196 Å². The minimum absolute atomic E-state index is 0.267. The molecule has 0 bridgehead atoms. The van der Waals surface area contributed by atoms with Crippen molar-refractivity contribution in [2.75, 3.05) is 36.5 Å². The Bertz CT molecular complexity index is 1310. The number of carbonyl (C=O) groups is 1. The van der Waals surface area contributed by atoms with Gasteiger partial charge >= 0.3 is 0 Å². The van der Waals surface area contributed by atoms with Crippen molar-refractivity contribution in [3.8, 4) is 5.75 Å². The molecule has 3 aromatic carbocycles. The minimum atomic E-state index is -0.446. The summed E-state index contributed by atoms with van der Waals surface area (Å²) in [5.41, 5.74) is 2.59. The predicted molar refractivity (Wildman–Crippen MR) is 130 cm³/mol. The number of pyridine rings is 1. The molecule has 2 heterocycles. The molecular formula is C27H24FN3O3. The lowest BCUT2D eigenvalue weighted by molar-refractivity contribution is 0.102. The molecule has 1 amide bonds. The number of amides is 1. The molecule has 0 unspecified atom stereocenters. The lowest BCUT2D eigenvalue weighted by Crippen LogP contribution is -2.36. The van der Waals surface area contributed by atoms with Gasteiger partial charge in [0.05, 0.1) is 13.2 Å². The molecular weight excluding hydrogens is 433 g/mol. The summed E-state index contributed by atoms with van der Waals surface area (Å²) >= 11 is 0. The van der Waals surface area contributed by atoms with E-state index in [0.717, 1.165) is 16.3 Å². The number of benzene rings is 3. The van der Waals surface area contributed by atoms with Crippen molar-refractivity contribution in [3.05, 3.63) is 96.1 Å². The van der Waals surface area contributed by atoms with Gasteiger partial charge in [-0.1, -0.05) is 24.3 Å². The number of rotatable bonds is 6. The molecule has 0 atom stereocenters. The zero-order valence-electron chi connectivity index (χ0n) is 18.5. The summed E-state index contributed by atoms with van der Waals surface area (Å²) in [5.74, 6) is -0.103. The Morgan fingerprint density at radius 1 is 1.00 bits per heavy atom. The fourth-order valence-corrected chi connectivity index (χ4v) is 4.05. The normalized spacial score (nSPS) is 13.6. The van der Waals surface area contributed by atoms with Crippen LogP contribution in [0.2, 0.25) is 0 Å². The number of carbonyl (C=O) groups excluding carboxylic acids is 1. The molecule has 5 rings (SSSR count). The zero-order valence-corrected chi connectivity index (χ0v) is 18.5. The van der Waals surface area contributed by atoms with Crippen molar-refractivity contribution >= 4 is 28.1 Å². The Hall–Kier alpha value is -3.97. The summed E-state index contributed by atoms with van der Waals surface area (Å²) in [5, 5.41) is 4.67. The van der Waals surface area contributed by atoms with Crippen LogP contribution in [-0.4, -0.2) is 37.2 Å². The first-order valence-electron chi connectivity index (χ1n) is 11.2. The van der Waals surface area contributed by atoms with E-state index in [2.05, 4.69) is 10.3 Å². The number of hydrogen-bond donors (Lipinski definition) is 1. The van der Waals surface area contributed by atoms with Crippen LogP contribution >= 0.6 is 0 Å². The van der Waals surface area contributed by atoms with Gasteiger partial charge in [0, 0.05) is 53.2 Å². The average Bonchev–Trinajstić information content (AvgIpc) is 2.89. The number of fused-ring (bicyclic) bond motifs is 1. The summed E-state index contributed by atoms with van der Waals surface area (Å²) in [6.45, 7) is 2.90. The molecule has 1 aromatic heterocycles. The highest BCUT2D eigenvalue weighted by molar-refractivity contribution is 6.10. The SMILES string of the molecule is O=C(Nc1ccc(OCc2ccncc2)c2ccccc12)c1cc(F)cc(N2CCOCC2)c1. The first-order chi connectivity index (χ1) is 16.7. The maximum absolute atomic E-state index is 14.4. The number of morpholine rings is 1. The van der Waals surface area contributed by atoms with E-state index < -0.39 is 5.82 Å². The molecule has 1 aliphatic heterocycles. The summed E-state index contributed by atoms with van der Waals surface area (Å²) in [6, 6.07) is 19.6. The van der Waals surface area contributed by atoms with Gasteiger partial charge < -0.3 is 19.7 Å². The number of aromatic nitrogens is 1. The Kier molecular flexibility index (Phi) is 6.35. The van der Waals surface area contributed by atoms with E-state index in [1.165, 1.54) is 12.1 Å². The second-order valence-corrected chi connectivity index (χ2v) is 8.05. The fraction of sp³-hybridized carbons (Fsp3) is 0.185. The lowest BCUT2D eigenvalue weighted by atomic mass is 10.1. The van der Waals surface area contributed by atoms with Crippen molar-refractivity contribution in [1.82, 2.24) is 4.98 Å². The highest BCUT2D eigenvalue weighted by atomic mass is 19.1. The highest BCUT2D eigenvalue weighted by Crippen LogP contribution is 2.32. The van der Waals surface area contributed by atoms with Gasteiger partial charge in [-0.05, 0) is 48.0 Å². The molecule has 1 aliphatic rings. The van der Waals surface area contributed by atoms with Crippen molar-refractivity contribution in [3.63, 3.8) is 0 Å². The Morgan fingerprint density at radius 2 is 1.76 bits per heavy atom. The maximum atomic E-state index is 14.4. The molecule has 0 radical (unpaired) electrons. The molecule has 4 aromatic rings. The number of hydrogen-bond acceptors (Lipinski definition) is 5. The van der Waals surface area contributed by atoms with E-state index in [9.17, 15) is 9.18 Å². The maximum Gasteiger partial charge on any atom is 0.255 e. The Morgan fingerprint density at radius 3 is 2.56 bits per heavy atom. The zero-order chi connectivity index (χ0) is 23.3. The van der Waals surface area contributed by atoms with Gasteiger partial charge in [0.1, 0.15) is 18.2 Å². The van der Waals surface area contributed by atoms with E-state index in [4.69, 9.17) is 9.47 Å². The molecule has 6 nitrogen and oxygen atoms in total. The van der Waals surface area contributed by atoms with Crippen LogP contribution in [0.15, 0.2) is 79.1 Å². The van der Waals surface area contributed by atoms with Crippen LogP contribution in [0.1, 0.15) is 15.9 Å². The van der Waals surface area contributed by atoms with Crippen LogP contribution in [0.25, 0.3) is 10.8 Å². The third-order valence-electron chi connectivity index (χ3n) is 5.80. The monoisotopic (exact) mass is 457 g/mol. The molecule has 0 spiro atoms. The van der Waals surface area contributed by atoms with E-state index in [1.807, 2.05) is 53.4 Å². The first kappa shape index (κ1) is 21.9. The summed E-state index contributed by atoms with van der Waals surface area (Å²) in [6.07, 6.45) is 3.46. The molecule has 34 heavy (non-hydrogen) atoms. The summed E-state index contributed by atoms with van der Waals surface area (Å²) in [4.78, 5) is 19.1. The molecule has 1 N–H and O–H groups in total. The molecule has 1 saturated heterocycles. The first-order valence-corrected chi connectivity index (χ1v) is 11.2. The van der Waals surface area contributed by atoms with Crippen LogP contribution in [0.5, 0.6) is 5.75 Å². The van der Waals surface area contributed by atoms with Crippen LogP contribution < -0.4 is 15.0 Å². The quantitative estimate of drug-likeness (QED) is 0.439. The lowest BCUT2D eigenvalue weighted by Gasteiger charge is -2.29. The van der Waals surface area contributed by atoms with Gasteiger partial charge in [-0.25, -0.2) is 4.39 Å². The Balaban J connectivity index is 1.39. The molecule has 0 saturated carbocycles. The smallest absolute Gasteiger partial charge is 0.255 e. The third-order valence-corrected chi connectivity index (χ3v) is 5.80. The largest absolute Gasteiger partial charge is 0.488 e. The van der Waals surface area contributed by atoms with E-state index >= 15 is 0 Å². The van der Waals surface area contributed by atoms with Gasteiger partial charge in [0.25, 0.3) is 5.91 Å². The third kappa shape index (κ3) is 4.84. The standard InChI is InChI=1S/C27H24FN3O3/c28-21-15-20(16-22(17-21)31-11-13-33-14-12-31)27(32)30-25-5-6-26(24-4-2-1-3-23(24)25)34-18-19-7-9-29-10-8-19/h1-10,15-17H,11-14,18H2,(H,30,32). The second-order valence-electron chi connectivity index (χ2n) is 8.05. The van der Waals surface area contributed by atoms with Gasteiger partial charge in [0.15, 0.2) is 0 Å². The van der Waals surface area contributed by atoms with Gasteiger partial charge in [-0.3, -0.25) is 9.78 Å². The highest BCUT2D eigenvalue weighted by Gasteiger charge is 2.17. The number of ether oxygens (including phenoxy) is 2. The van der Waals surface area contributed by atoms with Crippen LogP contribution in [0, 0.1) is 5.82 Å². The molecule has 0 aliphatic carbocycles. The summed E-state index contributed by atoms with van der Waals surface area (Å²) in [7, 11) is 0. The van der Waals surface area contributed by atoms with Crippen LogP contribution in [-0.2, 0) is 11.3 Å². The van der Waals surface area contributed by atoms with Crippen molar-refractivity contribution in [2.45, 2.75) is 6.61 Å². The predicted octanol–water partition coefficient (Wildman–Crippen LogP) is 5.04. The average molecular weight is 458 g/mol. The summed E-state index contributed by atoms with van der Waals surface area (Å²) < 4.78 is 25.8. The van der Waals surface area contributed by atoms with Gasteiger partial charge in [-0.2, -0.15) is 0 Å².